The standard InChI is InChI=1S/C17H21N3O/c1-12-9-13(2)20(19-12)11-15-5-7-16(8-6-15)17(21)18-10-14-3-4-14/h5-9,14H,3-4,10-11H2,1-2H3,(H,18,21). The molecule has 21 heavy (non-hydrogen) atoms. The Bertz CT molecular complexity index is 639. The minimum atomic E-state index is 0.0274. The second kappa shape index (κ2) is 5.72. The summed E-state index contributed by atoms with van der Waals surface area (Å²) in [5, 5.41) is 7.44. The summed E-state index contributed by atoms with van der Waals surface area (Å²) < 4.78 is 1.98. The molecule has 3 rings (SSSR count). The lowest BCUT2D eigenvalue weighted by Crippen LogP contribution is -2.25. The number of nitrogens with zero attached hydrogens (tertiary/aromatic N) is 2. The molecule has 0 aliphatic heterocycles. The first kappa shape index (κ1) is 13.9. The van der Waals surface area contributed by atoms with Crippen LogP contribution in [-0.4, -0.2) is 22.2 Å². The second-order valence-electron chi connectivity index (χ2n) is 5.94. The molecule has 1 heterocycles. The molecule has 110 valence electrons. The van der Waals surface area contributed by atoms with Gasteiger partial charge in [0.25, 0.3) is 5.91 Å². The van der Waals surface area contributed by atoms with Crippen LogP contribution in [0.1, 0.15) is 40.2 Å². The highest BCUT2D eigenvalue weighted by Gasteiger charge is 2.21. The van der Waals surface area contributed by atoms with Crippen LogP contribution in [0.5, 0.6) is 0 Å². The van der Waals surface area contributed by atoms with Crippen molar-refractivity contribution in [2.45, 2.75) is 33.2 Å². The van der Waals surface area contributed by atoms with E-state index in [0.717, 1.165) is 35.6 Å². The smallest absolute Gasteiger partial charge is 0.251 e. The zero-order chi connectivity index (χ0) is 14.8. The minimum Gasteiger partial charge on any atom is -0.352 e. The molecule has 1 aromatic carbocycles. The fraction of sp³-hybridized carbons (Fsp3) is 0.412. The van der Waals surface area contributed by atoms with Gasteiger partial charge < -0.3 is 5.32 Å². The maximum absolute atomic E-state index is 12.0. The average molecular weight is 283 g/mol. The summed E-state index contributed by atoms with van der Waals surface area (Å²) in [4.78, 5) is 12.0. The fourth-order valence-corrected chi connectivity index (χ4v) is 2.43. The third-order valence-corrected chi connectivity index (χ3v) is 3.90. The highest BCUT2D eigenvalue weighted by Crippen LogP contribution is 2.27. The predicted molar refractivity (Wildman–Crippen MR) is 82.3 cm³/mol. The van der Waals surface area contributed by atoms with Crippen molar-refractivity contribution in [3.05, 3.63) is 52.8 Å². The molecule has 1 fully saturated rings. The molecule has 1 aliphatic carbocycles. The molecule has 0 radical (unpaired) electrons. The summed E-state index contributed by atoms with van der Waals surface area (Å²) in [6, 6.07) is 9.86. The number of aromatic nitrogens is 2. The van der Waals surface area contributed by atoms with Gasteiger partial charge in [0, 0.05) is 17.8 Å². The number of hydrogen-bond acceptors (Lipinski definition) is 2. The molecule has 0 unspecified atom stereocenters. The normalized spacial score (nSPS) is 14.2. The predicted octanol–water partition coefficient (Wildman–Crippen LogP) is 2.69. The van der Waals surface area contributed by atoms with Crippen LogP contribution in [0.15, 0.2) is 30.3 Å². The van der Waals surface area contributed by atoms with Crippen LogP contribution in [0, 0.1) is 19.8 Å². The van der Waals surface area contributed by atoms with E-state index in [-0.39, 0.29) is 5.91 Å². The molecule has 2 aromatic rings. The van der Waals surface area contributed by atoms with Crippen molar-refractivity contribution in [3.63, 3.8) is 0 Å². The molecule has 0 spiro atoms. The highest BCUT2D eigenvalue weighted by atomic mass is 16.1. The van der Waals surface area contributed by atoms with Gasteiger partial charge in [0.2, 0.25) is 0 Å². The van der Waals surface area contributed by atoms with Crippen LogP contribution >= 0.6 is 0 Å². The van der Waals surface area contributed by atoms with Gasteiger partial charge in [-0.1, -0.05) is 12.1 Å². The number of benzene rings is 1. The van der Waals surface area contributed by atoms with Crippen LogP contribution in [0.25, 0.3) is 0 Å². The number of aryl methyl sites for hydroxylation is 2. The minimum absolute atomic E-state index is 0.0274. The number of rotatable bonds is 5. The average Bonchev–Trinajstić information content (AvgIpc) is 3.23. The van der Waals surface area contributed by atoms with E-state index in [1.807, 2.05) is 35.9 Å². The van der Waals surface area contributed by atoms with Crippen LogP contribution in [0.4, 0.5) is 0 Å². The molecule has 0 bridgehead atoms. The summed E-state index contributed by atoms with van der Waals surface area (Å²) in [5.41, 5.74) is 4.06. The molecule has 0 atom stereocenters. The molecule has 1 aliphatic rings. The molecule has 4 heteroatoms. The molecule has 4 nitrogen and oxygen atoms in total. The van der Waals surface area contributed by atoms with Crippen molar-refractivity contribution in [1.82, 2.24) is 15.1 Å². The molecule has 1 saturated carbocycles. The number of carbonyl (C=O) groups is 1. The van der Waals surface area contributed by atoms with Gasteiger partial charge in [-0.3, -0.25) is 9.48 Å². The molecular weight excluding hydrogens is 262 g/mol. The maximum Gasteiger partial charge on any atom is 0.251 e. The lowest BCUT2D eigenvalue weighted by Gasteiger charge is -2.07. The van der Waals surface area contributed by atoms with Crippen LogP contribution in [0.3, 0.4) is 0 Å². The van der Waals surface area contributed by atoms with Crippen molar-refractivity contribution in [1.29, 1.82) is 0 Å². The zero-order valence-electron chi connectivity index (χ0n) is 12.6. The third kappa shape index (κ3) is 3.51. The Balaban J connectivity index is 1.63. The van der Waals surface area contributed by atoms with Crippen LogP contribution in [-0.2, 0) is 6.54 Å². The van der Waals surface area contributed by atoms with Gasteiger partial charge in [-0.05, 0) is 56.4 Å². The van der Waals surface area contributed by atoms with Crippen LogP contribution in [0.2, 0.25) is 0 Å². The van der Waals surface area contributed by atoms with Gasteiger partial charge in [-0.15, -0.1) is 0 Å². The summed E-state index contributed by atoms with van der Waals surface area (Å²) in [5.74, 6) is 0.735. The number of carbonyl (C=O) groups excluding carboxylic acids is 1. The number of hydrogen-bond donors (Lipinski definition) is 1. The Morgan fingerprint density at radius 1 is 1.29 bits per heavy atom. The van der Waals surface area contributed by atoms with E-state index in [9.17, 15) is 4.79 Å². The fourth-order valence-electron chi connectivity index (χ4n) is 2.43. The van der Waals surface area contributed by atoms with E-state index >= 15 is 0 Å². The molecule has 0 saturated heterocycles. The number of nitrogens with one attached hydrogen (secondary N) is 1. The van der Waals surface area contributed by atoms with E-state index < -0.39 is 0 Å². The van der Waals surface area contributed by atoms with Crippen molar-refractivity contribution in [2.75, 3.05) is 6.54 Å². The van der Waals surface area contributed by atoms with Gasteiger partial charge >= 0.3 is 0 Å². The monoisotopic (exact) mass is 283 g/mol. The van der Waals surface area contributed by atoms with Gasteiger partial charge in [-0.25, -0.2) is 0 Å². The quantitative estimate of drug-likeness (QED) is 0.917. The van der Waals surface area contributed by atoms with Gasteiger partial charge in [0.1, 0.15) is 0 Å². The third-order valence-electron chi connectivity index (χ3n) is 3.90. The molecule has 1 aromatic heterocycles. The Labute approximate surface area is 125 Å². The SMILES string of the molecule is Cc1cc(C)n(Cc2ccc(C(=O)NCC3CC3)cc2)n1. The molecule has 1 amide bonds. The van der Waals surface area contributed by atoms with E-state index in [2.05, 4.69) is 23.4 Å². The van der Waals surface area contributed by atoms with E-state index in [0.29, 0.717) is 5.92 Å². The Hall–Kier alpha value is -2.10. The van der Waals surface area contributed by atoms with Crippen LogP contribution < -0.4 is 5.32 Å². The van der Waals surface area contributed by atoms with Gasteiger partial charge in [-0.2, -0.15) is 5.10 Å². The van der Waals surface area contributed by atoms with Crippen molar-refractivity contribution in [2.24, 2.45) is 5.92 Å². The first-order valence-electron chi connectivity index (χ1n) is 7.50. The summed E-state index contributed by atoms with van der Waals surface area (Å²) in [6.45, 7) is 5.60. The van der Waals surface area contributed by atoms with Crippen molar-refractivity contribution < 1.29 is 4.79 Å². The van der Waals surface area contributed by atoms with E-state index in [4.69, 9.17) is 0 Å². The van der Waals surface area contributed by atoms with Gasteiger partial charge in [0.15, 0.2) is 0 Å². The molecular formula is C17H21N3O. The largest absolute Gasteiger partial charge is 0.352 e. The Morgan fingerprint density at radius 3 is 2.57 bits per heavy atom. The first-order valence-corrected chi connectivity index (χ1v) is 7.50. The summed E-state index contributed by atoms with van der Waals surface area (Å²) in [6.07, 6.45) is 2.50. The Morgan fingerprint density at radius 2 is 2.00 bits per heavy atom. The molecule has 1 N–H and O–H groups in total. The van der Waals surface area contributed by atoms with Gasteiger partial charge in [0.05, 0.1) is 12.2 Å². The zero-order valence-corrected chi connectivity index (χ0v) is 12.6. The Kier molecular flexibility index (Phi) is 3.78. The van der Waals surface area contributed by atoms with E-state index in [1.54, 1.807) is 0 Å². The van der Waals surface area contributed by atoms with E-state index in [1.165, 1.54) is 12.8 Å². The lowest BCUT2D eigenvalue weighted by molar-refractivity contribution is 0.0952. The second-order valence-corrected chi connectivity index (χ2v) is 5.94. The van der Waals surface area contributed by atoms with Crippen molar-refractivity contribution in [3.8, 4) is 0 Å². The topological polar surface area (TPSA) is 46.9 Å². The lowest BCUT2D eigenvalue weighted by atomic mass is 10.1. The summed E-state index contributed by atoms with van der Waals surface area (Å²) in [7, 11) is 0. The highest BCUT2D eigenvalue weighted by molar-refractivity contribution is 5.94. The maximum atomic E-state index is 12.0. The summed E-state index contributed by atoms with van der Waals surface area (Å²) >= 11 is 0. The first-order chi connectivity index (χ1) is 10.1. The number of amides is 1. The van der Waals surface area contributed by atoms with Crippen molar-refractivity contribution >= 4 is 5.91 Å².